The predicted octanol–water partition coefficient (Wildman–Crippen LogP) is 3.57. The number of nitrogens with one attached hydrogen (secondary N) is 3. The normalized spacial score (nSPS) is 12.2. The summed E-state index contributed by atoms with van der Waals surface area (Å²) in [5.74, 6) is -3.69. The van der Waals surface area contributed by atoms with Crippen LogP contribution in [0.25, 0.3) is 0 Å². The molecule has 3 N–H and O–H groups in total. The van der Waals surface area contributed by atoms with E-state index in [1.165, 1.54) is 30.3 Å². The average Bonchev–Trinajstić information content (AvgIpc) is 2.76. The van der Waals surface area contributed by atoms with Gasteiger partial charge in [0.2, 0.25) is 5.91 Å². The van der Waals surface area contributed by atoms with E-state index in [0.29, 0.717) is 11.5 Å². The Morgan fingerprint density at radius 1 is 0.944 bits per heavy atom. The summed E-state index contributed by atoms with van der Waals surface area (Å²) >= 11 is 0. The van der Waals surface area contributed by atoms with Crippen molar-refractivity contribution in [3.05, 3.63) is 77.2 Å². The molecule has 12 heteroatoms. The average molecular weight is 518 g/mol. The fraction of sp³-hybridized carbons (Fsp3) is 0.250. The van der Waals surface area contributed by atoms with Crippen LogP contribution >= 0.6 is 0 Å². The largest absolute Gasteiger partial charge is 0.340 e. The third-order valence-electron chi connectivity index (χ3n) is 5.06. The van der Waals surface area contributed by atoms with E-state index in [9.17, 15) is 26.8 Å². The number of anilines is 2. The zero-order valence-corrected chi connectivity index (χ0v) is 20.8. The molecule has 0 aliphatic carbocycles. The lowest BCUT2D eigenvalue weighted by Crippen LogP contribution is -2.47. The first-order valence-electron chi connectivity index (χ1n) is 10.9. The number of nitrogens with zero attached hydrogens (tertiary/aromatic N) is 2. The molecule has 0 fully saturated rings. The predicted molar refractivity (Wildman–Crippen MR) is 130 cm³/mol. The van der Waals surface area contributed by atoms with E-state index >= 15 is 0 Å². The number of hydrogen-bond donors (Lipinski definition) is 3. The van der Waals surface area contributed by atoms with Crippen molar-refractivity contribution >= 4 is 33.3 Å². The number of carbonyl (C=O) groups excluding carboxylic acids is 2. The minimum absolute atomic E-state index is 0.0712. The molecule has 2 aromatic carbocycles. The number of halogens is 2. The zero-order chi connectivity index (χ0) is 26.6. The van der Waals surface area contributed by atoms with Crippen LogP contribution in [-0.4, -0.2) is 36.2 Å². The number of aryl methyl sites for hydroxylation is 2. The smallest absolute Gasteiger partial charge is 0.263 e. The van der Waals surface area contributed by atoms with E-state index in [1.807, 2.05) is 0 Å². The van der Waals surface area contributed by atoms with Crippen LogP contribution < -0.4 is 15.4 Å². The molecular weight excluding hydrogens is 492 g/mol. The van der Waals surface area contributed by atoms with Gasteiger partial charge in [-0.1, -0.05) is 19.9 Å². The van der Waals surface area contributed by atoms with Gasteiger partial charge in [-0.25, -0.2) is 27.2 Å². The van der Waals surface area contributed by atoms with Crippen LogP contribution in [0.15, 0.2) is 53.4 Å². The molecule has 1 heterocycles. The molecule has 0 saturated carbocycles. The summed E-state index contributed by atoms with van der Waals surface area (Å²) in [6.07, 6.45) is 0. The molecule has 190 valence electrons. The highest BCUT2D eigenvalue weighted by atomic mass is 32.2. The van der Waals surface area contributed by atoms with Gasteiger partial charge in [0, 0.05) is 17.4 Å². The number of sulfonamides is 1. The molecular formula is C24H25F2N5O4S. The van der Waals surface area contributed by atoms with Gasteiger partial charge in [0.15, 0.2) is 0 Å². The highest BCUT2D eigenvalue weighted by Gasteiger charge is 2.27. The summed E-state index contributed by atoms with van der Waals surface area (Å²) in [6, 6.07) is 8.71. The summed E-state index contributed by atoms with van der Waals surface area (Å²) in [4.78, 5) is 33.4. The second kappa shape index (κ2) is 10.8. The highest BCUT2D eigenvalue weighted by molar-refractivity contribution is 7.92. The molecule has 2 amide bonds. The van der Waals surface area contributed by atoms with Crippen LogP contribution in [0.5, 0.6) is 0 Å². The quantitative estimate of drug-likeness (QED) is 0.419. The molecule has 9 nitrogen and oxygen atoms in total. The molecule has 3 aromatic rings. The maximum absolute atomic E-state index is 13.9. The molecule has 0 aliphatic rings. The van der Waals surface area contributed by atoms with Crippen molar-refractivity contribution in [2.75, 3.05) is 10.0 Å². The van der Waals surface area contributed by atoms with Crippen molar-refractivity contribution in [3.63, 3.8) is 0 Å². The number of hydrogen-bond acceptors (Lipinski definition) is 6. The van der Waals surface area contributed by atoms with E-state index in [1.54, 1.807) is 27.7 Å². The first kappa shape index (κ1) is 26.7. The van der Waals surface area contributed by atoms with Gasteiger partial charge in [0.05, 0.1) is 4.90 Å². The number of benzene rings is 2. The summed E-state index contributed by atoms with van der Waals surface area (Å²) in [6.45, 7) is 6.66. The first-order valence-corrected chi connectivity index (χ1v) is 12.4. The van der Waals surface area contributed by atoms with Crippen molar-refractivity contribution in [2.24, 2.45) is 5.92 Å². The maximum Gasteiger partial charge on any atom is 0.263 e. The minimum atomic E-state index is -3.96. The minimum Gasteiger partial charge on any atom is -0.340 e. The Morgan fingerprint density at radius 3 is 2.11 bits per heavy atom. The Hall–Kier alpha value is -3.93. The third kappa shape index (κ3) is 6.39. The molecule has 0 spiro atoms. The summed E-state index contributed by atoms with van der Waals surface area (Å²) in [5, 5.41) is 4.93. The van der Waals surface area contributed by atoms with Crippen LogP contribution in [0.2, 0.25) is 0 Å². The van der Waals surface area contributed by atoms with Crippen LogP contribution in [-0.2, 0) is 14.8 Å². The fourth-order valence-electron chi connectivity index (χ4n) is 3.37. The molecule has 0 unspecified atom stereocenters. The van der Waals surface area contributed by atoms with Gasteiger partial charge in [-0.15, -0.1) is 0 Å². The lowest BCUT2D eigenvalue weighted by molar-refractivity contribution is -0.118. The van der Waals surface area contributed by atoms with E-state index in [-0.39, 0.29) is 16.4 Å². The Morgan fingerprint density at radius 2 is 1.56 bits per heavy atom. The summed E-state index contributed by atoms with van der Waals surface area (Å²) in [7, 11) is -3.96. The van der Waals surface area contributed by atoms with Gasteiger partial charge in [0.1, 0.15) is 34.9 Å². The molecule has 0 radical (unpaired) electrons. The topological polar surface area (TPSA) is 130 Å². The van der Waals surface area contributed by atoms with Crippen LogP contribution in [0.3, 0.4) is 0 Å². The van der Waals surface area contributed by atoms with Crippen molar-refractivity contribution in [1.29, 1.82) is 0 Å². The van der Waals surface area contributed by atoms with Crippen molar-refractivity contribution < 1.29 is 26.8 Å². The van der Waals surface area contributed by atoms with Gasteiger partial charge in [-0.05, 0) is 56.2 Å². The molecule has 3 rings (SSSR count). The Bertz CT molecular complexity index is 1360. The van der Waals surface area contributed by atoms with Crippen LogP contribution in [0.1, 0.15) is 35.7 Å². The van der Waals surface area contributed by atoms with Crippen molar-refractivity contribution in [3.8, 4) is 0 Å². The summed E-state index contributed by atoms with van der Waals surface area (Å²) in [5.41, 5.74) is 0.0690. The SMILES string of the molecule is Cc1cc(NS(=O)(=O)c2ccc(NC(=O)[C@@H](NC(=O)c3c(F)cccc3F)C(C)C)cc2)nc(C)n1. The number of rotatable bonds is 8. The molecule has 1 aromatic heterocycles. The van der Waals surface area contributed by atoms with E-state index in [4.69, 9.17) is 0 Å². The number of carbonyl (C=O) groups is 2. The van der Waals surface area contributed by atoms with Crippen LogP contribution in [0, 0.1) is 31.4 Å². The van der Waals surface area contributed by atoms with Gasteiger partial charge < -0.3 is 10.6 Å². The molecule has 1 atom stereocenters. The van der Waals surface area contributed by atoms with Crippen molar-refractivity contribution in [2.45, 2.75) is 38.6 Å². The van der Waals surface area contributed by atoms with Gasteiger partial charge in [-0.2, -0.15) is 0 Å². The Labute approximate surface area is 207 Å². The molecule has 36 heavy (non-hydrogen) atoms. The van der Waals surface area contributed by atoms with Gasteiger partial charge in [-0.3, -0.25) is 14.3 Å². The maximum atomic E-state index is 13.9. The third-order valence-corrected chi connectivity index (χ3v) is 6.43. The second-order valence-electron chi connectivity index (χ2n) is 8.35. The monoisotopic (exact) mass is 517 g/mol. The van der Waals surface area contributed by atoms with Crippen molar-refractivity contribution in [1.82, 2.24) is 15.3 Å². The molecule has 0 saturated heterocycles. The lowest BCUT2D eigenvalue weighted by atomic mass is 10.0. The van der Waals surface area contributed by atoms with Gasteiger partial charge in [0.25, 0.3) is 15.9 Å². The number of aromatic nitrogens is 2. The van der Waals surface area contributed by atoms with E-state index in [2.05, 4.69) is 25.3 Å². The zero-order valence-electron chi connectivity index (χ0n) is 20.0. The lowest BCUT2D eigenvalue weighted by Gasteiger charge is -2.22. The highest BCUT2D eigenvalue weighted by Crippen LogP contribution is 2.19. The van der Waals surface area contributed by atoms with E-state index < -0.39 is 51.0 Å². The number of amides is 2. The molecule has 0 bridgehead atoms. The Kier molecular flexibility index (Phi) is 7.98. The van der Waals surface area contributed by atoms with E-state index in [0.717, 1.165) is 18.2 Å². The first-order chi connectivity index (χ1) is 16.9. The van der Waals surface area contributed by atoms with Crippen LogP contribution in [0.4, 0.5) is 20.3 Å². The van der Waals surface area contributed by atoms with Gasteiger partial charge >= 0.3 is 0 Å². The summed E-state index contributed by atoms with van der Waals surface area (Å²) < 4.78 is 55.7. The second-order valence-corrected chi connectivity index (χ2v) is 10.0. The fourth-order valence-corrected chi connectivity index (χ4v) is 4.36. The molecule has 0 aliphatic heterocycles. The standard InChI is InChI=1S/C24H25F2N5O4S/c1-13(2)22(30-23(32)21-18(25)6-5-7-19(21)26)24(33)29-16-8-10-17(11-9-16)36(34,35)31-20-12-14(3)27-15(4)28-20/h5-13,22H,1-4H3,(H,29,33)(H,30,32)(H,27,28,31)/t22-/m0/s1. The Balaban J connectivity index is 1.72.